The molecule has 0 atom stereocenters. The third kappa shape index (κ3) is 11.6. The van der Waals surface area contributed by atoms with Crippen molar-refractivity contribution in [2.75, 3.05) is 41.6 Å². The van der Waals surface area contributed by atoms with E-state index in [-0.39, 0.29) is 0 Å². The molecule has 0 radical (unpaired) electrons. The van der Waals surface area contributed by atoms with Gasteiger partial charge in [0.25, 0.3) is 0 Å². The van der Waals surface area contributed by atoms with Crippen LogP contribution in [0.25, 0.3) is 0 Å². The first-order valence-electron chi connectivity index (χ1n) is 15.1. The summed E-state index contributed by atoms with van der Waals surface area (Å²) < 4.78 is 25.6. The van der Waals surface area contributed by atoms with E-state index in [1.165, 1.54) is 86.1 Å². The Labute approximate surface area is 428 Å². The molecule has 24 heteroatoms. The van der Waals surface area contributed by atoms with Crippen LogP contribution in [0.5, 0.6) is 0 Å². The van der Waals surface area contributed by atoms with Gasteiger partial charge in [0, 0.05) is 26.4 Å². The molecule has 0 amide bonds. The van der Waals surface area contributed by atoms with E-state index in [1.807, 2.05) is 259 Å². The molecule has 8 heterocycles. The summed E-state index contributed by atoms with van der Waals surface area (Å²) in [5.41, 5.74) is 0. The molecule has 0 bridgehead atoms. The van der Waals surface area contributed by atoms with E-state index >= 15 is 0 Å². The molecule has 55 heavy (non-hydrogen) atoms. The molecule has 292 valence electrons. The van der Waals surface area contributed by atoms with E-state index in [0.29, 0.717) is 0 Å². The second-order valence-corrected chi connectivity index (χ2v) is 37.6. The Morgan fingerprint density at radius 2 is 0.618 bits per heavy atom. The van der Waals surface area contributed by atoms with Gasteiger partial charge in [0.05, 0.1) is 76.3 Å². The van der Waals surface area contributed by atoms with Crippen molar-refractivity contribution in [2.45, 2.75) is 0 Å². The van der Waals surface area contributed by atoms with Gasteiger partial charge in [0.2, 0.25) is 0 Å². The van der Waals surface area contributed by atoms with Crippen LogP contribution in [0.4, 0.5) is 0 Å². The molecule has 8 aliphatic rings. The number of hydrogen-bond donors (Lipinski definition) is 2. The van der Waals surface area contributed by atoms with Crippen LogP contribution in [0.3, 0.4) is 0 Å². The van der Waals surface area contributed by atoms with E-state index in [2.05, 4.69) is 74.6 Å². The standard InChI is InChI=1S/C31H24S24/c1-34-18-19(35-2)51-30(50-18)31-54-27-28(55-31)49-17(48-27)8-6-15-43-21(37-4)23(45-15)39-11-38-22-20(36-3)42-14(44-22)5-7-16-46-25-26(47-16)53-29(52-25)24-40-12(9-32)13(10-33)41-24/h5-8,32-33H,9-11H2,1-4H3. The molecule has 0 N–H and O–H groups in total. The van der Waals surface area contributed by atoms with Crippen molar-refractivity contribution >= 4 is 284 Å². The zero-order valence-electron chi connectivity index (χ0n) is 28.3. The number of rotatable bonds is 12. The first-order valence-corrected chi connectivity index (χ1v) is 36.3. The van der Waals surface area contributed by atoms with Gasteiger partial charge in [-0.1, -0.05) is 188 Å². The van der Waals surface area contributed by atoms with E-state index in [0.717, 1.165) is 16.6 Å². The molecular formula is C31H24S24. The summed E-state index contributed by atoms with van der Waals surface area (Å²) in [7, 11) is 0. The fourth-order valence-corrected chi connectivity index (χ4v) is 36.8. The molecule has 8 rings (SSSR count). The second-order valence-electron chi connectivity index (χ2n) is 9.99. The second kappa shape index (κ2) is 22.7. The van der Waals surface area contributed by atoms with Gasteiger partial charge in [-0.3, -0.25) is 0 Å². The Morgan fingerprint density at radius 3 is 0.964 bits per heavy atom. The highest BCUT2D eigenvalue weighted by molar-refractivity contribution is 8.51. The Morgan fingerprint density at radius 1 is 0.345 bits per heavy atom. The minimum atomic E-state index is 0.792. The van der Waals surface area contributed by atoms with Crippen molar-refractivity contribution in [2.24, 2.45) is 0 Å². The minimum absolute atomic E-state index is 0.792. The minimum Gasteiger partial charge on any atom is -0.174 e. The molecule has 8 aliphatic heterocycles. The highest BCUT2D eigenvalue weighted by Gasteiger charge is 2.36. The summed E-state index contributed by atoms with van der Waals surface area (Å²) in [5.74, 6) is 1.58. The van der Waals surface area contributed by atoms with Crippen LogP contribution in [0.15, 0.2) is 110 Å². The third-order valence-electron chi connectivity index (χ3n) is 6.69. The van der Waals surface area contributed by atoms with Crippen LogP contribution in [-0.2, 0) is 0 Å². The van der Waals surface area contributed by atoms with Crippen molar-refractivity contribution in [3.8, 4) is 0 Å². The van der Waals surface area contributed by atoms with Crippen LogP contribution in [0, 0.1) is 0 Å². The normalized spacial score (nSPS) is 24.5. The van der Waals surface area contributed by atoms with Crippen molar-refractivity contribution in [1.82, 2.24) is 0 Å². The summed E-state index contributed by atoms with van der Waals surface area (Å²) in [6.07, 6.45) is 18.1. The number of thioether (sulfide) groups is 22. The lowest BCUT2D eigenvalue weighted by atomic mass is 10.6. The zero-order chi connectivity index (χ0) is 38.1. The molecule has 0 saturated carbocycles. The third-order valence-corrected chi connectivity index (χ3v) is 38.4. The molecule has 0 spiro atoms. The lowest BCUT2D eigenvalue weighted by molar-refractivity contribution is 1.61. The monoisotopic (exact) mass is 1160 g/mol. The number of thiol groups is 2. The number of allylic oxidation sites excluding steroid dienone is 4. The predicted molar refractivity (Wildman–Crippen MR) is 312 cm³/mol. The fraction of sp³-hybridized carbons (Fsp3) is 0.226. The maximum Gasteiger partial charge on any atom is 0.0718 e. The van der Waals surface area contributed by atoms with Crippen molar-refractivity contribution in [1.29, 1.82) is 0 Å². The molecule has 0 fully saturated rings. The average Bonchev–Trinajstić information content (AvgIpc) is 4.05. The fourth-order valence-electron chi connectivity index (χ4n) is 4.34. The Bertz CT molecular complexity index is 1820. The SMILES string of the molecule is CSC1=C(SCSC2=C(SC)SC(=CC=C3SC4=C(S3)SC(=C3SC(SC)=C(SC)S3)S4)S2)SC(=CC=C2SC3=C(S2)SC(=C2SC(CS)=C(CS)S2)S3)S1. The van der Waals surface area contributed by atoms with Gasteiger partial charge in [-0.15, -0.1) is 70.6 Å². The smallest absolute Gasteiger partial charge is 0.0718 e. The maximum atomic E-state index is 4.54. The molecule has 0 aromatic heterocycles. The molecule has 0 aromatic rings. The molecular weight excluding hydrogens is 1140 g/mol. The Kier molecular flexibility index (Phi) is 19.3. The summed E-state index contributed by atoms with van der Waals surface area (Å²) in [5, 5.41) is 1.02. The van der Waals surface area contributed by atoms with Crippen molar-refractivity contribution in [3.63, 3.8) is 0 Å². The van der Waals surface area contributed by atoms with Crippen LogP contribution in [0.2, 0.25) is 0 Å². The Hall–Kier alpha value is 5.28. The highest BCUT2D eigenvalue weighted by atomic mass is 32.3. The summed E-state index contributed by atoms with van der Waals surface area (Å²) >= 11 is 51.5. The number of hydrogen-bond acceptors (Lipinski definition) is 24. The lowest BCUT2D eigenvalue weighted by Crippen LogP contribution is -1.80. The van der Waals surface area contributed by atoms with Crippen molar-refractivity contribution in [3.05, 3.63) is 110 Å². The average molecular weight is 1170 g/mol. The lowest BCUT2D eigenvalue weighted by Gasteiger charge is -2.05. The first kappa shape index (κ1) is 46.8. The van der Waals surface area contributed by atoms with E-state index in [4.69, 9.17) is 0 Å². The molecule has 0 aliphatic carbocycles. The van der Waals surface area contributed by atoms with E-state index in [1.54, 1.807) is 0 Å². The van der Waals surface area contributed by atoms with Gasteiger partial charge in [-0.05, 0) is 49.3 Å². The van der Waals surface area contributed by atoms with Gasteiger partial charge in [0.1, 0.15) is 0 Å². The van der Waals surface area contributed by atoms with Gasteiger partial charge in [-0.2, -0.15) is 25.3 Å². The largest absolute Gasteiger partial charge is 0.174 e. The van der Waals surface area contributed by atoms with Gasteiger partial charge >= 0.3 is 0 Å². The first-order chi connectivity index (χ1) is 26.9. The van der Waals surface area contributed by atoms with Crippen molar-refractivity contribution < 1.29 is 0 Å². The van der Waals surface area contributed by atoms with Crippen LogP contribution < -0.4 is 0 Å². The van der Waals surface area contributed by atoms with Crippen LogP contribution in [-0.4, -0.2) is 41.6 Å². The van der Waals surface area contributed by atoms with Gasteiger partial charge < -0.3 is 0 Å². The summed E-state index contributed by atoms with van der Waals surface area (Å²) in [6, 6.07) is 0. The molecule has 0 nitrogen and oxygen atoms in total. The topological polar surface area (TPSA) is 0 Å². The van der Waals surface area contributed by atoms with E-state index in [9.17, 15) is 0 Å². The quantitative estimate of drug-likeness (QED) is 0.141. The van der Waals surface area contributed by atoms with Crippen LogP contribution >= 0.6 is 284 Å². The summed E-state index contributed by atoms with van der Waals surface area (Å²) in [6.45, 7) is 0. The maximum absolute atomic E-state index is 4.54. The molecule has 0 aromatic carbocycles. The summed E-state index contributed by atoms with van der Waals surface area (Å²) in [4.78, 5) is 2.71. The van der Waals surface area contributed by atoms with E-state index < -0.39 is 0 Å². The Balaban J connectivity index is 0.789. The zero-order valence-corrected chi connectivity index (χ0v) is 48.1. The van der Waals surface area contributed by atoms with Crippen LogP contribution in [0.1, 0.15) is 0 Å². The predicted octanol–water partition coefficient (Wildman–Crippen LogP) is 20.0. The molecule has 0 unspecified atom stereocenters. The van der Waals surface area contributed by atoms with Gasteiger partial charge in [0.15, 0.2) is 0 Å². The van der Waals surface area contributed by atoms with Gasteiger partial charge in [-0.25, -0.2) is 0 Å². The molecule has 0 saturated heterocycles. The highest BCUT2D eigenvalue weighted by Crippen LogP contribution is 2.72.